The first kappa shape index (κ1) is 23.2. The Balaban J connectivity index is 1.54. The summed E-state index contributed by atoms with van der Waals surface area (Å²) in [6.45, 7) is -1.09. The molecule has 178 valence electrons. The van der Waals surface area contributed by atoms with E-state index < -0.39 is 18.9 Å². The molecule has 0 spiro atoms. The van der Waals surface area contributed by atoms with Gasteiger partial charge < -0.3 is 24.2 Å². The molecule has 0 radical (unpaired) electrons. The minimum absolute atomic E-state index is 0.145. The molecule has 1 aliphatic rings. The van der Waals surface area contributed by atoms with E-state index in [2.05, 4.69) is 15.0 Å². The maximum Gasteiger partial charge on any atom is 0.427 e. The molecule has 3 aromatic heterocycles. The number of aromatic nitrogens is 3. The van der Waals surface area contributed by atoms with E-state index in [-0.39, 0.29) is 18.3 Å². The number of halogens is 3. The predicted octanol–water partition coefficient (Wildman–Crippen LogP) is 3.02. The van der Waals surface area contributed by atoms with Crippen LogP contribution >= 0.6 is 0 Å². The molecule has 0 saturated carbocycles. The van der Waals surface area contributed by atoms with Crippen molar-refractivity contribution in [2.45, 2.75) is 18.8 Å². The van der Waals surface area contributed by atoms with E-state index in [0.29, 0.717) is 39.8 Å². The molecule has 12 heteroatoms. The van der Waals surface area contributed by atoms with Crippen LogP contribution in [0.25, 0.3) is 11.3 Å². The lowest BCUT2D eigenvalue weighted by Crippen LogP contribution is -2.37. The summed E-state index contributed by atoms with van der Waals surface area (Å²) >= 11 is 0. The van der Waals surface area contributed by atoms with Crippen molar-refractivity contribution in [3.8, 4) is 28.8 Å². The average Bonchev–Trinajstić information content (AvgIpc) is 3.17. The molecule has 0 saturated heterocycles. The number of nitrogens with zero attached hydrogens (tertiary/aromatic N) is 4. The molecule has 4 heterocycles. The number of aliphatic hydroxyl groups is 1. The Morgan fingerprint density at radius 3 is 2.53 bits per heavy atom. The smallest absolute Gasteiger partial charge is 0.427 e. The number of anilines is 1. The molecule has 1 aliphatic heterocycles. The number of amides is 1. The fourth-order valence-corrected chi connectivity index (χ4v) is 3.38. The lowest BCUT2D eigenvalue weighted by molar-refractivity contribution is -0.204. The second-order valence-corrected chi connectivity index (χ2v) is 7.20. The van der Waals surface area contributed by atoms with Crippen LogP contribution in [0, 0.1) is 0 Å². The second-order valence-electron chi connectivity index (χ2n) is 7.20. The van der Waals surface area contributed by atoms with Crippen LogP contribution in [0.3, 0.4) is 0 Å². The largest absolute Gasteiger partial charge is 0.491 e. The highest BCUT2D eigenvalue weighted by molar-refractivity contribution is 6.09. The van der Waals surface area contributed by atoms with Gasteiger partial charge in [0.2, 0.25) is 12.0 Å². The summed E-state index contributed by atoms with van der Waals surface area (Å²) in [6, 6.07) is 7.67. The van der Waals surface area contributed by atoms with E-state index >= 15 is 0 Å². The molecule has 1 amide bonds. The quantitative estimate of drug-likeness (QED) is 0.555. The average molecular weight is 476 g/mol. The molecule has 0 aliphatic carbocycles. The highest BCUT2D eigenvalue weighted by atomic mass is 19.4. The highest BCUT2D eigenvalue weighted by Gasteiger charge is 2.41. The van der Waals surface area contributed by atoms with E-state index in [1.165, 1.54) is 37.4 Å². The number of hydrogen-bond donors (Lipinski definition) is 1. The van der Waals surface area contributed by atoms with Gasteiger partial charge in [0.25, 0.3) is 11.8 Å². The molecular weight excluding hydrogens is 457 g/mol. The van der Waals surface area contributed by atoms with Crippen molar-refractivity contribution in [2.24, 2.45) is 0 Å². The zero-order valence-corrected chi connectivity index (χ0v) is 18.0. The molecule has 0 bridgehead atoms. The summed E-state index contributed by atoms with van der Waals surface area (Å²) in [4.78, 5) is 26.9. The molecule has 9 nitrogen and oxygen atoms in total. The second kappa shape index (κ2) is 9.14. The topological polar surface area (TPSA) is 107 Å². The SMILES string of the molecule is COc1cc(-c2ccc3c(n2)CN(c2ccc(OC(CO)C(F)(F)F)nc2)C3=O)cnc1OC. The van der Waals surface area contributed by atoms with Gasteiger partial charge in [0, 0.05) is 17.8 Å². The van der Waals surface area contributed by atoms with Crippen LogP contribution in [0.5, 0.6) is 17.5 Å². The third-order valence-electron chi connectivity index (χ3n) is 5.11. The van der Waals surface area contributed by atoms with Crippen molar-refractivity contribution in [1.29, 1.82) is 0 Å². The van der Waals surface area contributed by atoms with Crippen LogP contribution < -0.4 is 19.1 Å². The van der Waals surface area contributed by atoms with Crippen LogP contribution in [-0.2, 0) is 6.54 Å². The molecule has 1 atom stereocenters. The van der Waals surface area contributed by atoms with Crippen LogP contribution in [0.4, 0.5) is 18.9 Å². The molecule has 1 N–H and O–H groups in total. The summed E-state index contributed by atoms with van der Waals surface area (Å²) in [6.07, 6.45) is -4.33. The van der Waals surface area contributed by atoms with Gasteiger partial charge in [-0.2, -0.15) is 13.2 Å². The van der Waals surface area contributed by atoms with E-state index in [1.807, 2.05) is 0 Å². The fraction of sp³-hybridized carbons (Fsp3) is 0.273. The van der Waals surface area contributed by atoms with Crippen molar-refractivity contribution in [1.82, 2.24) is 15.0 Å². The number of hydrogen-bond acceptors (Lipinski definition) is 8. The van der Waals surface area contributed by atoms with E-state index in [1.54, 1.807) is 24.4 Å². The number of rotatable bonds is 7. The standard InChI is InChI=1S/C22H19F3N4O5/c1-32-17-7-12(8-27-20(17)33-2)15-5-4-14-16(28-15)10-29(21(14)31)13-3-6-19(26-9-13)34-18(11-30)22(23,24)25/h3-9,18,30H,10-11H2,1-2H3. The summed E-state index contributed by atoms with van der Waals surface area (Å²) in [7, 11) is 2.97. The summed E-state index contributed by atoms with van der Waals surface area (Å²) in [5, 5.41) is 8.90. The number of fused-ring (bicyclic) bond motifs is 1. The number of alkyl halides is 3. The third-order valence-corrected chi connectivity index (χ3v) is 5.11. The first-order valence-corrected chi connectivity index (χ1v) is 9.95. The van der Waals surface area contributed by atoms with Crippen molar-refractivity contribution < 1.29 is 37.3 Å². The summed E-state index contributed by atoms with van der Waals surface area (Å²) in [5.74, 6) is 0.112. The van der Waals surface area contributed by atoms with E-state index in [0.717, 1.165) is 0 Å². The Morgan fingerprint density at radius 1 is 1.12 bits per heavy atom. The minimum Gasteiger partial charge on any atom is -0.491 e. The van der Waals surface area contributed by atoms with E-state index in [4.69, 9.17) is 19.3 Å². The Bertz CT molecular complexity index is 1200. The monoisotopic (exact) mass is 476 g/mol. The summed E-state index contributed by atoms with van der Waals surface area (Å²) in [5.41, 5.74) is 2.52. The maximum absolute atomic E-state index is 12.9. The molecule has 1 unspecified atom stereocenters. The van der Waals surface area contributed by atoms with Crippen LogP contribution in [0.1, 0.15) is 16.1 Å². The minimum atomic E-state index is -4.74. The zero-order chi connectivity index (χ0) is 24.5. The Labute approximate surface area is 191 Å². The lowest BCUT2D eigenvalue weighted by atomic mass is 10.1. The fourth-order valence-electron chi connectivity index (χ4n) is 3.38. The molecule has 3 aromatic rings. The molecule has 34 heavy (non-hydrogen) atoms. The van der Waals surface area contributed by atoms with Gasteiger partial charge in [-0.05, 0) is 24.3 Å². The van der Waals surface area contributed by atoms with Crippen LogP contribution in [-0.4, -0.2) is 59.1 Å². The van der Waals surface area contributed by atoms with Gasteiger partial charge in [-0.3, -0.25) is 9.78 Å². The van der Waals surface area contributed by atoms with Crippen molar-refractivity contribution in [3.05, 3.63) is 54.0 Å². The normalized spacial score (nSPS) is 14.1. The number of pyridine rings is 3. The van der Waals surface area contributed by atoms with Gasteiger partial charge in [-0.15, -0.1) is 0 Å². The van der Waals surface area contributed by atoms with Crippen LogP contribution in [0.2, 0.25) is 0 Å². The molecule has 4 rings (SSSR count). The first-order chi connectivity index (χ1) is 16.2. The molecule has 0 fully saturated rings. The Morgan fingerprint density at radius 2 is 1.91 bits per heavy atom. The number of carbonyl (C=O) groups excluding carboxylic acids is 1. The Hall–Kier alpha value is -3.93. The number of methoxy groups -OCH3 is 2. The number of ether oxygens (including phenoxy) is 3. The third kappa shape index (κ3) is 4.44. The van der Waals surface area contributed by atoms with Crippen molar-refractivity contribution >= 4 is 11.6 Å². The van der Waals surface area contributed by atoms with Crippen LogP contribution in [0.15, 0.2) is 42.7 Å². The lowest BCUT2D eigenvalue weighted by Gasteiger charge is -2.20. The Kier molecular flexibility index (Phi) is 6.24. The van der Waals surface area contributed by atoms with Gasteiger partial charge in [-0.25, -0.2) is 9.97 Å². The maximum atomic E-state index is 12.9. The zero-order valence-electron chi connectivity index (χ0n) is 18.0. The molecule has 0 aromatic carbocycles. The van der Waals surface area contributed by atoms with Gasteiger partial charge in [0.15, 0.2) is 5.75 Å². The number of aliphatic hydroxyl groups excluding tert-OH is 1. The van der Waals surface area contributed by atoms with E-state index in [9.17, 15) is 18.0 Å². The van der Waals surface area contributed by atoms with Gasteiger partial charge in [0.05, 0.1) is 56.2 Å². The predicted molar refractivity (Wildman–Crippen MR) is 113 cm³/mol. The van der Waals surface area contributed by atoms with Crippen molar-refractivity contribution in [3.63, 3.8) is 0 Å². The van der Waals surface area contributed by atoms with Gasteiger partial charge >= 0.3 is 6.18 Å². The first-order valence-electron chi connectivity index (χ1n) is 9.95. The molecular formula is C22H19F3N4O5. The van der Waals surface area contributed by atoms with Gasteiger partial charge in [-0.1, -0.05) is 0 Å². The van der Waals surface area contributed by atoms with Gasteiger partial charge in [0.1, 0.15) is 0 Å². The highest BCUT2D eigenvalue weighted by Crippen LogP contribution is 2.33. The van der Waals surface area contributed by atoms with Crippen molar-refractivity contribution in [2.75, 3.05) is 25.7 Å². The summed E-state index contributed by atoms with van der Waals surface area (Å²) < 4.78 is 53.5. The number of carbonyl (C=O) groups is 1.